The van der Waals surface area contributed by atoms with Crippen LogP contribution in [-0.4, -0.2) is 22.0 Å². The molecule has 2 rings (SSSR count). The van der Waals surface area contributed by atoms with Crippen LogP contribution in [0.4, 0.5) is 18.9 Å². The molecule has 1 amide bonds. The number of anilines is 1. The first-order valence-corrected chi connectivity index (χ1v) is 6.33. The Morgan fingerprint density at radius 1 is 1.24 bits per heavy atom. The fraction of sp³-hybridized carbons (Fsp3) is 0.0833. The van der Waals surface area contributed by atoms with E-state index in [1.165, 1.54) is 12.1 Å². The highest BCUT2D eigenvalue weighted by Gasteiger charge is 2.33. The van der Waals surface area contributed by atoms with Gasteiger partial charge in [-0.2, -0.15) is 13.2 Å². The van der Waals surface area contributed by atoms with Crippen molar-refractivity contribution in [3.63, 3.8) is 0 Å². The summed E-state index contributed by atoms with van der Waals surface area (Å²) in [6.07, 6.45) is -4.61. The number of nitrogens with one attached hydrogen (secondary N) is 1. The number of hydrogen-bond donors (Lipinski definition) is 2. The van der Waals surface area contributed by atoms with E-state index in [9.17, 15) is 22.8 Å². The second-order valence-corrected chi connectivity index (χ2v) is 4.70. The van der Waals surface area contributed by atoms with Gasteiger partial charge in [0.05, 0.1) is 11.3 Å². The summed E-state index contributed by atoms with van der Waals surface area (Å²) < 4.78 is 38.3. The van der Waals surface area contributed by atoms with Crippen LogP contribution in [0.5, 0.6) is 0 Å². The van der Waals surface area contributed by atoms with Crippen molar-refractivity contribution in [2.24, 2.45) is 0 Å². The van der Waals surface area contributed by atoms with Gasteiger partial charge in [-0.15, -0.1) is 11.3 Å². The number of aromatic nitrogens is 1. The zero-order chi connectivity index (χ0) is 15.6. The molecule has 2 aromatic rings. The van der Waals surface area contributed by atoms with Crippen LogP contribution in [0.3, 0.4) is 0 Å². The quantitative estimate of drug-likeness (QED) is 0.912. The minimum absolute atomic E-state index is 0.232. The fourth-order valence-electron chi connectivity index (χ4n) is 1.49. The molecule has 0 saturated heterocycles. The summed E-state index contributed by atoms with van der Waals surface area (Å²) in [5, 5.41) is 11.7. The number of hydrogen-bond acceptors (Lipinski definition) is 4. The van der Waals surface area contributed by atoms with Crippen LogP contribution >= 0.6 is 11.3 Å². The Balaban J connectivity index is 2.25. The van der Waals surface area contributed by atoms with Gasteiger partial charge in [-0.3, -0.25) is 4.79 Å². The summed E-state index contributed by atoms with van der Waals surface area (Å²) in [6, 6.07) is 4.48. The number of benzene rings is 1. The maximum absolute atomic E-state index is 12.8. The molecule has 0 unspecified atom stereocenters. The Hall–Kier alpha value is -2.42. The van der Waals surface area contributed by atoms with E-state index in [1.54, 1.807) is 0 Å². The number of thiazole rings is 1. The number of para-hydroxylation sites is 1. The van der Waals surface area contributed by atoms with Crippen LogP contribution in [0.25, 0.3) is 0 Å². The number of alkyl halides is 3. The molecule has 0 aliphatic heterocycles. The van der Waals surface area contributed by atoms with Crippen LogP contribution in [0.2, 0.25) is 0 Å². The van der Waals surface area contributed by atoms with Crippen LogP contribution in [0.1, 0.15) is 25.9 Å². The lowest BCUT2D eigenvalue weighted by molar-refractivity contribution is -0.136. The topological polar surface area (TPSA) is 79.3 Å². The first-order chi connectivity index (χ1) is 9.79. The molecule has 1 aromatic heterocycles. The maximum atomic E-state index is 12.8. The molecule has 1 heterocycles. The predicted octanol–water partition coefficient (Wildman–Crippen LogP) is 3.11. The molecule has 5 nitrogen and oxygen atoms in total. The average molecular weight is 316 g/mol. The second kappa shape index (κ2) is 5.52. The fourth-order valence-corrected chi connectivity index (χ4v) is 2.18. The molecule has 0 atom stereocenters. The van der Waals surface area contributed by atoms with Crippen LogP contribution in [0, 0.1) is 0 Å². The Labute approximate surface area is 120 Å². The number of halogens is 3. The predicted molar refractivity (Wildman–Crippen MR) is 68.5 cm³/mol. The molecule has 2 N–H and O–H groups in total. The number of aromatic carboxylic acids is 1. The molecule has 9 heteroatoms. The third kappa shape index (κ3) is 3.37. The van der Waals surface area contributed by atoms with E-state index in [2.05, 4.69) is 10.3 Å². The lowest BCUT2D eigenvalue weighted by Crippen LogP contribution is -2.16. The average Bonchev–Trinajstić information content (AvgIpc) is 2.88. The molecule has 0 aliphatic rings. The number of nitrogens with zero attached hydrogens (tertiary/aromatic N) is 1. The highest BCUT2D eigenvalue weighted by molar-refractivity contribution is 7.12. The first kappa shape index (κ1) is 15.0. The Kier molecular flexibility index (Phi) is 3.94. The highest BCUT2D eigenvalue weighted by Crippen LogP contribution is 2.34. The van der Waals surface area contributed by atoms with Gasteiger partial charge in [0.1, 0.15) is 0 Å². The number of carbonyl (C=O) groups is 2. The smallest absolute Gasteiger partial charge is 0.418 e. The molecule has 0 aliphatic carbocycles. The summed E-state index contributed by atoms with van der Waals surface area (Å²) in [5.74, 6) is -2.22. The van der Waals surface area contributed by atoms with E-state index in [0.717, 1.165) is 28.8 Å². The zero-order valence-electron chi connectivity index (χ0n) is 10.1. The van der Waals surface area contributed by atoms with E-state index in [4.69, 9.17) is 5.11 Å². The normalized spacial score (nSPS) is 11.2. The van der Waals surface area contributed by atoms with Crippen molar-refractivity contribution in [1.29, 1.82) is 0 Å². The van der Waals surface area contributed by atoms with Crippen molar-refractivity contribution in [3.8, 4) is 0 Å². The zero-order valence-corrected chi connectivity index (χ0v) is 11.0. The van der Waals surface area contributed by atoms with Gasteiger partial charge in [0.25, 0.3) is 5.91 Å². The highest BCUT2D eigenvalue weighted by atomic mass is 32.1. The van der Waals surface area contributed by atoms with Crippen molar-refractivity contribution in [3.05, 3.63) is 45.9 Å². The summed E-state index contributed by atoms with van der Waals surface area (Å²) in [6.45, 7) is 0. The molecule has 0 radical (unpaired) electrons. The molecule has 0 saturated carbocycles. The van der Waals surface area contributed by atoms with Gasteiger partial charge in [0.2, 0.25) is 0 Å². The monoisotopic (exact) mass is 316 g/mol. The summed E-state index contributed by atoms with van der Waals surface area (Å²) in [4.78, 5) is 26.0. The molecule has 0 spiro atoms. The Morgan fingerprint density at radius 3 is 2.48 bits per heavy atom. The third-order valence-corrected chi connectivity index (χ3v) is 3.24. The molecular formula is C12H7F3N2O3S. The summed E-state index contributed by atoms with van der Waals surface area (Å²) >= 11 is 0.733. The number of carboxylic acid groups (broad SMARTS) is 1. The number of carbonyl (C=O) groups excluding carboxylic acids is 1. The van der Waals surface area contributed by atoms with Crippen molar-refractivity contribution < 1.29 is 27.9 Å². The molecule has 0 bridgehead atoms. The van der Waals surface area contributed by atoms with E-state index >= 15 is 0 Å². The van der Waals surface area contributed by atoms with E-state index in [-0.39, 0.29) is 10.7 Å². The Bertz CT molecular complexity index is 697. The minimum atomic E-state index is -4.61. The van der Waals surface area contributed by atoms with Gasteiger partial charge in [-0.05, 0) is 12.1 Å². The summed E-state index contributed by atoms with van der Waals surface area (Å²) in [7, 11) is 0. The Morgan fingerprint density at radius 2 is 1.90 bits per heavy atom. The van der Waals surface area contributed by atoms with Gasteiger partial charge >= 0.3 is 12.1 Å². The standard InChI is InChI=1S/C12H7F3N2O3S/c13-12(14,15)6-3-1-2-4-7(6)16-9(18)10-17-8(5-21-10)11(19)20/h1-5H,(H,16,18)(H,19,20). The van der Waals surface area contributed by atoms with Crippen molar-refractivity contribution in [2.75, 3.05) is 5.32 Å². The lowest BCUT2D eigenvalue weighted by Gasteiger charge is -2.12. The molecule has 110 valence electrons. The number of rotatable bonds is 3. The van der Waals surface area contributed by atoms with Crippen LogP contribution in [0.15, 0.2) is 29.6 Å². The van der Waals surface area contributed by atoms with Gasteiger partial charge in [-0.25, -0.2) is 9.78 Å². The third-order valence-electron chi connectivity index (χ3n) is 2.40. The van der Waals surface area contributed by atoms with E-state index < -0.39 is 29.3 Å². The maximum Gasteiger partial charge on any atom is 0.418 e. The van der Waals surface area contributed by atoms with Crippen molar-refractivity contribution >= 4 is 28.9 Å². The summed E-state index contributed by atoms with van der Waals surface area (Å²) in [5.41, 5.74) is -1.75. The molecule has 0 fully saturated rings. The van der Waals surface area contributed by atoms with Crippen molar-refractivity contribution in [1.82, 2.24) is 4.98 Å². The van der Waals surface area contributed by atoms with Gasteiger partial charge in [0, 0.05) is 5.38 Å². The molecular weight excluding hydrogens is 309 g/mol. The van der Waals surface area contributed by atoms with Crippen LogP contribution < -0.4 is 5.32 Å². The van der Waals surface area contributed by atoms with Gasteiger partial charge in [0.15, 0.2) is 10.7 Å². The van der Waals surface area contributed by atoms with Gasteiger partial charge < -0.3 is 10.4 Å². The van der Waals surface area contributed by atoms with E-state index in [1.807, 2.05) is 0 Å². The molecule has 1 aromatic carbocycles. The molecule has 21 heavy (non-hydrogen) atoms. The number of amides is 1. The van der Waals surface area contributed by atoms with E-state index in [0.29, 0.717) is 0 Å². The lowest BCUT2D eigenvalue weighted by atomic mass is 10.1. The van der Waals surface area contributed by atoms with Crippen LogP contribution in [-0.2, 0) is 6.18 Å². The van der Waals surface area contributed by atoms with Gasteiger partial charge in [-0.1, -0.05) is 12.1 Å². The minimum Gasteiger partial charge on any atom is -0.476 e. The first-order valence-electron chi connectivity index (χ1n) is 5.45. The van der Waals surface area contributed by atoms with Crippen molar-refractivity contribution in [2.45, 2.75) is 6.18 Å². The SMILES string of the molecule is O=C(O)c1csc(C(=O)Nc2ccccc2C(F)(F)F)n1. The largest absolute Gasteiger partial charge is 0.476 e. The second-order valence-electron chi connectivity index (χ2n) is 3.84. The number of carboxylic acids is 1.